The van der Waals surface area contributed by atoms with Crippen molar-refractivity contribution < 1.29 is 0 Å². The van der Waals surface area contributed by atoms with Crippen molar-refractivity contribution in [2.75, 3.05) is 18.6 Å². The van der Waals surface area contributed by atoms with E-state index in [0.29, 0.717) is 0 Å². The molecule has 0 aliphatic carbocycles. The second kappa shape index (κ2) is 7.21. The van der Waals surface area contributed by atoms with Crippen molar-refractivity contribution in [3.05, 3.63) is 33.8 Å². The van der Waals surface area contributed by atoms with Crippen LogP contribution in [0.25, 0.3) is 0 Å². The van der Waals surface area contributed by atoms with E-state index in [4.69, 9.17) is 11.6 Å². The molecular formula is C13H20ClNS. The molecule has 0 spiro atoms. The number of thioether (sulfide) groups is 1. The van der Waals surface area contributed by atoms with Crippen LogP contribution in [0.2, 0.25) is 5.02 Å². The first kappa shape index (κ1) is 13.9. The quantitative estimate of drug-likeness (QED) is 0.778. The second-order valence-corrected chi connectivity index (χ2v) is 5.46. The Bertz CT molecular complexity index is 316. The van der Waals surface area contributed by atoms with Gasteiger partial charge >= 0.3 is 0 Å². The molecule has 1 nitrogen and oxygen atoms in total. The molecule has 0 bridgehead atoms. The third-order valence-corrected chi connectivity index (χ3v) is 3.58. The van der Waals surface area contributed by atoms with E-state index in [-0.39, 0.29) is 0 Å². The molecule has 1 N–H and O–H groups in total. The predicted molar refractivity (Wildman–Crippen MR) is 75.6 cm³/mol. The van der Waals surface area contributed by atoms with Gasteiger partial charge < -0.3 is 5.32 Å². The first-order valence-electron chi connectivity index (χ1n) is 5.60. The number of hydrogen-bond acceptors (Lipinski definition) is 2. The highest BCUT2D eigenvalue weighted by molar-refractivity contribution is 7.98. The number of hydrogen-bond donors (Lipinski definition) is 1. The number of nitrogens with one attached hydrogen (secondary N) is 1. The zero-order valence-corrected chi connectivity index (χ0v) is 11.8. The molecule has 0 saturated carbocycles. The molecule has 0 atom stereocenters. The molecule has 1 aromatic rings. The van der Waals surface area contributed by atoms with Crippen LogP contribution in [-0.4, -0.2) is 18.6 Å². The fourth-order valence-corrected chi connectivity index (χ4v) is 2.53. The van der Waals surface area contributed by atoms with Crippen molar-refractivity contribution in [3.8, 4) is 0 Å². The van der Waals surface area contributed by atoms with Crippen molar-refractivity contribution in [2.45, 2.75) is 26.8 Å². The highest BCUT2D eigenvalue weighted by atomic mass is 35.5. The van der Waals surface area contributed by atoms with E-state index in [1.807, 2.05) is 23.9 Å². The summed E-state index contributed by atoms with van der Waals surface area (Å²) in [5, 5.41) is 4.32. The smallest absolute Gasteiger partial charge is 0.0411 e. The number of halogens is 1. The minimum atomic E-state index is 0.834. The summed E-state index contributed by atoms with van der Waals surface area (Å²) in [4.78, 5) is 0. The predicted octanol–water partition coefficient (Wildman–Crippen LogP) is 3.80. The maximum Gasteiger partial charge on any atom is 0.0411 e. The van der Waals surface area contributed by atoms with Crippen LogP contribution < -0.4 is 5.32 Å². The van der Waals surface area contributed by atoms with Gasteiger partial charge in [0.1, 0.15) is 0 Å². The van der Waals surface area contributed by atoms with Crippen LogP contribution >= 0.6 is 23.4 Å². The monoisotopic (exact) mass is 257 g/mol. The SMILES string of the molecule is CSCCCNCc1c(C)cc(Cl)cc1C. The van der Waals surface area contributed by atoms with E-state index in [9.17, 15) is 0 Å². The lowest BCUT2D eigenvalue weighted by Crippen LogP contribution is -2.16. The Morgan fingerprint density at radius 2 is 1.88 bits per heavy atom. The Balaban J connectivity index is 2.47. The molecule has 3 heteroatoms. The largest absolute Gasteiger partial charge is 0.313 e. The molecule has 90 valence electrons. The van der Waals surface area contributed by atoms with E-state index < -0.39 is 0 Å². The zero-order valence-electron chi connectivity index (χ0n) is 10.3. The van der Waals surface area contributed by atoms with Crippen molar-refractivity contribution >= 4 is 23.4 Å². The van der Waals surface area contributed by atoms with Crippen molar-refractivity contribution in [1.29, 1.82) is 0 Å². The first-order chi connectivity index (χ1) is 7.65. The van der Waals surface area contributed by atoms with Crippen LogP contribution in [0.4, 0.5) is 0 Å². The fraction of sp³-hybridized carbons (Fsp3) is 0.538. The standard InChI is InChI=1S/C13H20ClNS/c1-10-7-12(14)8-11(2)13(10)9-15-5-4-6-16-3/h7-8,15H,4-6,9H2,1-3H3. The van der Waals surface area contributed by atoms with Gasteiger partial charge in [-0.25, -0.2) is 0 Å². The van der Waals surface area contributed by atoms with Gasteiger partial charge in [0.2, 0.25) is 0 Å². The van der Waals surface area contributed by atoms with Gasteiger partial charge in [-0.1, -0.05) is 11.6 Å². The van der Waals surface area contributed by atoms with Gasteiger partial charge in [-0.2, -0.15) is 11.8 Å². The van der Waals surface area contributed by atoms with E-state index in [2.05, 4.69) is 25.4 Å². The molecule has 0 heterocycles. The van der Waals surface area contributed by atoms with Crippen molar-refractivity contribution in [3.63, 3.8) is 0 Å². The van der Waals surface area contributed by atoms with E-state index in [1.165, 1.54) is 28.9 Å². The minimum Gasteiger partial charge on any atom is -0.313 e. The maximum atomic E-state index is 6.00. The fourth-order valence-electron chi connectivity index (χ4n) is 1.77. The van der Waals surface area contributed by atoms with Crippen molar-refractivity contribution in [1.82, 2.24) is 5.32 Å². The van der Waals surface area contributed by atoms with Gasteiger partial charge in [0.15, 0.2) is 0 Å². The van der Waals surface area contributed by atoms with Crippen LogP contribution in [0.3, 0.4) is 0 Å². The lowest BCUT2D eigenvalue weighted by atomic mass is 10.0. The first-order valence-corrected chi connectivity index (χ1v) is 7.37. The molecule has 0 amide bonds. The zero-order chi connectivity index (χ0) is 12.0. The molecule has 0 aliphatic rings. The molecule has 16 heavy (non-hydrogen) atoms. The Morgan fingerprint density at radius 1 is 1.25 bits per heavy atom. The maximum absolute atomic E-state index is 6.00. The van der Waals surface area contributed by atoms with Gasteiger partial charge in [-0.05, 0) is 67.6 Å². The average molecular weight is 258 g/mol. The molecule has 1 rings (SSSR count). The third kappa shape index (κ3) is 4.36. The summed E-state index contributed by atoms with van der Waals surface area (Å²) in [7, 11) is 0. The molecular weight excluding hydrogens is 238 g/mol. The lowest BCUT2D eigenvalue weighted by molar-refractivity contribution is 0.674. The minimum absolute atomic E-state index is 0.834. The highest BCUT2D eigenvalue weighted by Crippen LogP contribution is 2.19. The van der Waals surface area contributed by atoms with Gasteiger partial charge in [0.05, 0.1) is 0 Å². The topological polar surface area (TPSA) is 12.0 Å². The summed E-state index contributed by atoms with van der Waals surface area (Å²) in [5.74, 6) is 1.23. The summed E-state index contributed by atoms with van der Waals surface area (Å²) in [6.07, 6.45) is 3.38. The number of benzene rings is 1. The third-order valence-electron chi connectivity index (χ3n) is 2.66. The van der Waals surface area contributed by atoms with E-state index >= 15 is 0 Å². The summed E-state index contributed by atoms with van der Waals surface area (Å²) in [5.41, 5.74) is 3.94. The Labute approximate surface area is 108 Å². The van der Waals surface area contributed by atoms with Gasteiger partial charge in [-0.3, -0.25) is 0 Å². The van der Waals surface area contributed by atoms with Crippen LogP contribution in [0, 0.1) is 13.8 Å². The van der Waals surface area contributed by atoms with E-state index in [1.54, 1.807) is 0 Å². The van der Waals surface area contributed by atoms with Gasteiger partial charge in [-0.15, -0.1) is 0 Å². The number of rotatable bonds is 6. The average Bonchev–Trinajstić information content (AvgIpc) is 2.20. The van der Waals surface area contributed by atoms with Gasteiger partial charge in [0, 0.05) is 11.6 Å². The molecule has 0 radical (unpaired) electrons. The highest BCUT2D eigenvalue weighted by Gasteiger charge is 2.03. The molecule has 0 saturated heterocycles. The van der Waals surface area contributed by atoms with Crippen molar-refractivity contribution in [2.24, 2.45) is 0 Å². The van der Waals surface area contributed by atoms with Crippen LogP contribution in [0.15, 0.2) is 12.1 Å². The summed E-state index contributed by atoms with van der Waals surface area (Å²) >= 11 is 7.90. The lowest BCUT2D eigenvalue weighted by Gasteiger charge is -2.11. The van der Waals surface area contributed by atoms with E-state index in [0.717, 1.165) is 18.1 Å². The van der Waals surface area contributed by atoms with Gasteiger partial charge in [0.25, 0.3) is 0 Å². The number of aryl methyl sites for hydroxylation is 2. The van der Waals surface area contributed by atoms with Crippen LogP contribution in [0.1, 0.15) is 23.1 Å². The Morgan fingerprint density at radius 3 is 2.44 bits per heavy atom. The summed E-state index contributed by atoms with van der Waals surface area (Å²) in [6, 6.07) is 4.07. The normalized spacial score (nSPS) is 10.8. The molecule has 0 aliphatic heterocycles. The molecule has 1 aromatic carbocycles. The van der Waals surface area contributed by atoms with Crippen LogP contribution in [-0.2, 0) is 6.54 Å². The summed E-state index contributed by atoms with van der Waals surface area (Å²) in [6.45, 7) is 6.28. The molecule has 0 aromatic heterocycles. The Kier molecular flexibility index (Phi) is 6.25. The summed E-state index contributed by atoms with van der Waals surface area (Å²) < 4.78 is 0. The second-order valence-electron chi connectivity index (χ2n) is 4.04. The van der Waals surface area contributed by atoms with Crippen LogP contribution in [0.5, 0.6) is 0 Å². The molecule has 0 fully saturated rings. The molecule has 0 unspecified atom stereocenters. The Hall–Kier alpha value is -0.180.